The lowest BCUT2D eigenvalue weighted by molar-refractivity contribution is -0.256. The fourth-order valence-corrected chi connectivity index (χ4v) is 3.35. The fourth-order valence-electron chi connectivity index (χ4n) is 3.35. The van der Waals surface area contributed by atoms with Crippen LogP contribution < -0.4 is 15.3 Å². The molecule has 6 nitrogen and oxygen atoms in total. The number of carboxylic acids is 3. The lowest BCUT2D eigenvalue weighted by Gasteiger charge is -2.01. The quantitative estimate of drug-likeness (QED) is 0.381. The minimum atomic E-state index is -1.27. The van der Waals surface area contributed by atoms with Gasteiger partial charge in [-0.1, -0.05) is 71.9 Å². The van der Waals surface area contributed by atoms with Gasteiger partial charge in [-0.15, -0.1) is 0 Å². The third-order valence-corrected chi connectivity index (χ3v) is 5.35. The SMILES string of the molecule is O=C([O-])c1ccc(C#Cc2cc(C#Cc3ccc(C(=O)[O-])cc3)cc(C#Cc3ccc(C(=O)[O-])cc3)c2)cc1. The summed E-state index contributed by atoms with van der Waals surface area (Å²) in [6.07, 6.45) is 0. The van der Waals surface area contributed by atoms with Gasteiger partial charge in [-0.05, 0) is 71.3 Å². The van der Waals surface area contributed by atoms with Gasteiger partial charge in [-0.2, -0.15) is 0 Å². The van der Waals surface area contributed by atoms with E-state index in [0.717, 1.165) is 0 Å². The second-order valence-electron chi connectivity index (χ2n) is 8.14. The maximum atomic E-state index is 11.0. The molecule has 4 rings (SSSR count). The van der Waals surface area contributed by atoms with Gasteiger partial charge < -0.3 is 29.7 Å². The molecule has 0 saturated carbocycles. The van der Waals surface area contributed by atoms with Crippen LogP contribution in [0, 0.1) is 35.5 Å². The van der Waals surface area contributed by atoms with Gasteiger partial charge in [-0.3, -0.25) is 0 Å². The smallest absolute Gasteiger partial charge is 0.0715 e. The Morgan fingerprint density at radius 1 is 0.359 bits per heavy atom. The predicted octanol–water partition coefficient (Wildman–Crippen LogP) is 0.976. The van der Waals surface area contributed by atoms with E-state index >= 15 is 0 Å². The van der Waals surface area contributed by atoms with Gasteiger partial charge in [0.15, 0.2) is 0 Å². The molecule has 4 aromatic carbocycles. The number of hydrogen-bond donors (Lipinski definition) is 0. The van der Waals surface area contributed by atoms with Crippen molar-refractivity contribution in [2.24, 2.45) is 0 Å². The van der Waals surface area contributed by atoms with Gasteiger partial charge in [0.05, 0.1) is 17.9 Å². The van der Waals surface area contributed by atoms with Crippen LogP contribution in [-0.2, 0) is 0 Å². The Hall–Kier alpha value is -6.03. The molecule has 0 aliphatic rings. The summed E-state index contributed by atoms with van der Waals surface area (Å²) in [6.45, 7) is 0. The highest BCUT2D eigenvalue weighted by atomic mass is 16.4. The van der Waals surface area contributed by atoms with E-state index < -0.39 is 17.9 Å². The first-order valence-electron chi connectivity index (χ1n) is 11.4. The van der Waals surface area contributed by atoms with E-state index in [0.29, 0.717) is 33.4 Å². The van der Waals surface area contributed by atoms with Crippen LogP contribution in [0.15, 0.2) is 91.0 Å². The number of carbonyl (C=O) groups excluding carboxylic acids is 3. The van der Waals surface area contributed by atoms with Crippen molar-refractivity contribution in [1.82, 2.24) is 0 Å². The molecule has 0 heterocycles. The Balaban J connectivity index is 1.68. The molecule has 0 radical (unpaired) electrons. The van der Waals surface area contributed by atoms with Gasteiger partial charge in [0.25, 0.3) is 0 Å². The normalized spacial score (nSPS) is 9.54. The third-order valence-electron chi connectivity index (χ3n) is 5.35. The van der Waals surface area contributed by atoms with Gasteiger partial charge in [0.2, 0.25) is 0 Å². The average Bonchev–Trinajstić information content (AvgIpc) is 2.94. The molecule has 0 aromatic heterocycles. The highest BCUT2D eigenvalue weighted by molar-refractivity contribution is 5.86. The number of carbonyl (C=O) groups is 3. The van der Waals surface area contributed by atoms with Gasteiger partial charge >= 0.3 is 0 Å². The summed E-state index contributed by atoms with van der Waals surface area (Å²) < 4.78 is 0. The molecule has 6 heteroatoms. The second-order valence-corrected chi connectivity index (χ2v) is 8.14. The van der Waals surface area contributed by atoms with Crippen molar-refractivity contribution in [3.63, 3.8) is 0 Å². The number of carboxylic acid groups (broad SMARTS) is 3. The van der Waals surface area contributed by atoms with Crippen molar-refractivity contribution in [3.8, 4) is 35.5 Å². The zero-order valence-corrected chi connectivity index (χ0v) is 20.1. The van der Waals surface area contributed by atoms with Crippen LogP contribution in [0.4, 0.5) is 0 Å². The Morgan fingerprint density at radius 2 is 0.564 bits per heavy atom. The average molecular weight is 507 g/mol. The Kier molecular flexibility index (Phi) is 7.88. The molecule has 0 saturated heterocycles. The molecule has 0 amide bonds. The zero-order valence-electron chi connectivity index (χ0n) is 20.1. The summed E-state index contributed by atoms with van der Waals surface area (Å²) in [7, 11) is 0. The molecule has 0 bridgehead atoms. The lowest BCUT2D eigenvalue weighted by Crippen LogP contribution is -2.21. The van der Waals surface area contributed by atoms with Crippen molar-refractivity contribution in [2.75, 3.05) is 0 Å². The molecule has 186 valence electrons. The van der Waals surface area contributed by atoms with Gasteiger partial charge in [0.1, 0.15) is 0 Å². The molecule has 4 aromatic rings. The molecule has 0 aliphatic carbocycles. The fraction of sp³-hybridized carbons (Fsp3) is 0. The standard InChI is InChI=1S/C33H18O6/c34-31(35)28-13-7-22(8-14-28)1-4-25-19-26(5-2-23-9-15-29(16-10-23)32(36)37)21-27(20-25)6-3-24-11-17-30(18-12-24)33(38)39/h7-21H,(H,34,35)(H,36,37)(H,38,39)/p-3. The monoisotopic (exact) mass is 507 g/mol. The van der Waals surface area contributed by atoms with E-state index in [2.05, 4.69) is 35.5 Å². The number of benzene rings is 4. The lowest BCUT2D eigenvalue weighted by atomic mass is 10.0. The molecule has 0 spiro atoms. The van der Waals surface area contributed by atoms with Crippen molar-refractivity contribution in [3.05, 3.63) is 141 Å². The summed E-state index contributed by atoms with van der Waals surface area (Å²) in [5.41, 5.74) is 3.78. The molecule has 0 unspecified atom stereocenters. The first-order valence-corrected chi connectivity index (χ1v) is 11.4. The molecular weight excluding hydrogens is 492 g/mol. The van der Waals surface area contributed by atoms with E-state index in [9.17, 15) is 29.7 Å². The number of hydrogen-bond acceptors (Lipinski definition) is 6. The third kappa shape index (κ3) is 7.24. The Morgan fingerprint density at radius 3 is 0.769 bits per heavy atom. The zero-order chi connectivity index (χ0) is 27.8. The summed E-state index contributed by atoms with van der Waals surface area (Å²) in [4.78, 5) is 32.9. The van der Waals surface area contributed by atoms with Crippen LogP contribution >= 0.6 is 0 Å². The number of rotatable bonds is 3. The molecule has 0 aliphatic heterocycles. The minimum Gasteiger partial charge on any atom is -0.545 e. The van der Waals surface area contributed by atoms with Crippen molar-refractivity contribution < 1.29 is 29.7 Å². The largest absolute Gasteiger partial charge is 0.545 e. The summed E-state index contributed by atoms with van der Waals surface area (Å²) in [6, 6.07) is 23.3. The summed E-state index contributed by atoms with van der Waals surface area (Å²) in [5.74, 6) is 14.2. The maximum Gasteiger partial charge on any atom is 0.0715 e. The van der Waals surface area contributed by atoms with E-state index in [1.54, 1.807) is 54.6 Å². The molecule has 0 N–H and O–H groups in total. The van der Waals surface area contributed by atoms with Gasteiger partial charge in [-0.25, -0.2) is 0 Å². The van der Waals surface area contributed by atoms with E-state index in [1.165, 1.54) is 36.4 Å². The van der Waals surface area contributed by atoms with Crippen molar-refractivity contribution in [1.29, 1.82) is 0 Å². The minimum absolute atomic E-state index is 0.0516. The summed E-state index contributed by atoms with van der Waals surface area (Å²) >= 11 is 0. The first-order chi connectivity index (χ1) is 18.8. The first kappa shape index (κ1) is 26.0. The Labute approximate surface area is 224 Å². The van der Waals surface area contributed by atoms with Crippen molar-refractivity contribution >= 4 is 17.9 Å². The van der Waals surface area contributed by atoms with E-state index in [4.69, 9.17) is 0 Å². The van der Waals surface area contributed by atoms with E-state index in [-0.39, 0.29) is 16.7 Å². The highest BCUT2D eigenvalue weighted by Crippen LogP contribution is 2.11. The number of aromatic carboxylic acids is 3. The van der Waals surface area contributed by atoms with Crippen molar-refractivity contribution in [2.45, 2.75) is 0 Å². The summed E-state index contributed by atoms with van der Waals surface area (Å²) in [5, 5.41) is 32.9. The highest BCUT2D eigenvalue weighted by Gasteiger charge is 1.99. The van der Waals surface area contributed by atoms with Crippen LogP contribution in [0.5, 0.6) is 0 Å². The van der Waals surface area contributed by atoms with Crippen LogP contribution in [-0.4, -0.2) is 17.9 Å². The molecule has 39 heavy (non-hydrogen) atoms. The molecule has 0 atom stereocenters. The topological polar surface area (TPSA) is 120 Å². The van der Waals surface area contributed by atoms with E-state index in [1.807, 2.05) is 0 Å². The Bertz CT molecular complexity index is 1540. The molecular formula is C33H15O6-3. The van der Waals surface area contributed by atoms with Crippen LogP contribution in [0.2, 0.25) is 0 Å². The molecule has 0 fully saturated rings. The second kappa shape index (κ2) is 11.8. The van der Waals surface area contributed by atoms with Crippen LogP contribution in [0.1, 0.15) is 64.5 Å². The van der Waals surface area contributed by atoms with Crippen LogP contribution in [0.3, 0.4) is 0 Å². The van der Waals surface area contributed by atoms with Gasteiger partial charge in [0, 0.05) is 33.4 Å². The predicted molar refractivity (Wildman–Crippen MR) is 137 cm³/mol. The van der Waals surface area contributed by atoms with Crippen LogP contribution in [0.25, 0.3) is 0 Å². The maximum absolute atomic E-state index is 11.0.